The number of hydrogen-bond donors (Lipinski definition) is 0. The average Bonchev–Trinajstić information content (AvgIpc) is 3.33. The molecule has 2 aromatic rings. The lowest BCUT2D eigenvalue weighted by molar-refractivity contribution is -0.132. The fourth-order valence-electron chi connectivity index (χ4n) is 2.78. The van der Waals surface area contributed by atoms with Crippen LogP contribution in [0.5, 0.6) is 0 Å². The van der Waals surface area contributed by atoms with Gasteiger partial charge in [0, 0.05) is 32.1 Å². The Morgan fingerprint density at radius 1 is 1.13 bits per heavy atom. The summed E-state index contributed by atoms with van der Waals surface area (Å²) in [5.74, 6) is 1.55. The van der Waals surface area contributed by atoms with Crippen molar-refractivity contribution in [2.45, 2.75) is 25.3 Å². The van der Waals surface area contributed by atoms with Crippen molar-refractivity contribution in [3.63, 3.8) is 0 Å². The third-order valence-electron chi connectivity index (χ3n) is 4.31. The number of hydrogen-bond acceptors (Lipinski definition) is 7. The summed E-state index contributed by atoms with van der Waals surface area (Å²) in [6.07, 6.45) is 3.91. The number of carbonyl (C=O) groups excluding carboxylic acids is 1. The topological polar surface area (TPSA) is 92.9 Å². The van der Waals surface area contributed by atoms with Crippen LogP contribution in [0.25, 0.3) is 0 Å². The average molecular weight is 314 g/mol. The molecule has 0 spiro atoms. The van der Waals surface area contributed by atoms with Crippen LogP contribution in [0.4, 0.5) is 5.82 Å². The summed E-state index contributed by atoms with van der Waals surface area (Å²) in [5, 5.41) is 19.4. The van der Waals surface area contributed by atoms with E-state index in [-0.39, 0.29) is 12.5 Å². The first kappa shape index (κ1) is 14.0. The molecule has 2 fully saturated rings. The minimum Gasteiger partial charge on any atom is -0.352 e. The first-order valence-electron chi connectivity index (χ1n) is 7.87. The van der Waals surface area contributed by atoms with Crippen LogP contribution in [0.1, 0.15) is 24.5 Å². The highest BCUT2D eigenvalue weighted by molar-refractivity contribution is 5.76. The summed E-state index contributed by atoms with van der Waals surface area (Å²) in [4.78, 5) is 16.2. The molecular formula is C14H18N8O. The van der Waals surface area contributed by atoms with Gasteiger partial charge in [-0.25, -0.2) is 4.68 Å². The van der Waals surface area contributed by atoms with E-state index >= 15 is 0 Å². The van der Waals surface area contributed by atoms with Crippen LogP contribution in [0.15, 0.2) is 18.5 Å². The van der Waals surface area contributed by atoms with E-state index in [1.54, 1.807) is 0 Å². The smallest absolute Gasteiger partial charge is 0.244 e. The Labute approximate surface area is 133 Å². The predicted octanol–water partition coefficient (Wildman–Crippen LogP) is -0.311. The summed E-state index contributed by atoms with van der Waals surface area (Å²) in [5.41, 5.74) is 1.10. The van der Waals surface area contributed by atoms with E-state index < -0.39 is 0 Å². The molecule has 2 aliphatic rings. The third-order valence-corrected chi connectivity index (χ3v) is 4.31. The predicted molar refractivity (Wildman–Crippen MR) is 80.6 cm³/mol. The zero-order chi connectivity index (χ0) is 15.6. The van der Waals surface area contributed by atoms with Crippen molar-refractivity contribution in [3.05, 3.63) is 24.2 Å². The van der Waals surface area contributed by atoms with Crippen LogP contribution >= 0.6 is 0 Å². The molecule has 0 radical (unpaired) electrons. The Morgan fingerprint density at radius 2 is 1.96 bits per heavy atom. The molecule has 2 aromatic heterocycles. The molecule has 120 valence electrons. The standard InChI is InChI=1S/C14H18N8O/c23-14(9-22-10-15-18-19-22)21-7-5-20(6-8-21)13-4-3-12(16-17-13)11-1-2-11/h3-4,10-11H,1-2,5-9H2. The fourth-order valence-corrected chi connectivity index (χ4v) is 2.78. The van der Waals surface area contributed by atoms with Crippen molar-refractivity contribution in [1.82, 2.24) is 35.3 Å². The van der Waals surface area contributed by atoms with Gasteiger partial charge in [-0.05, 0) is 35.4 Å². The molecule has 4 rings (SSSR count). The number of anilines is 1. The molecule has 1 aliphatic heterocycles. The van der Waals surface area contributed by atoms with Crippen LogP contribution < -0.4 is 4.90 Å². The molecule has 1 aliphatic carbocycles. The third kappa shape index (κ3) is 3.13. The van der Waals surface area contributed by atoms with Gasteiger partial charge in [0.15, 0.2) is 5.82 Å². The molecule has 9 heteroatoms. The van der Waals surface area contributed by atoms with Crippen LogP contribution in [0, 0.1) is 0 Å². The second kappa shape index (κ2) is 5.90. The molecule has 3 heterocycles. The van der Waals surface area contributed by atoms with Crippen molar-refractivity contribution in [1.29, 1.82) is 0 Å². The molecule has 1 saturated carbocycles. The molecule has 9 nitrogen and oxygen atoms in total. The normalized spacial score (nSPS) is 18.3. The number of nitrogens with zero attached hydrogens (tertiary/aromatic N) is 8. The van der Waals surface area contributed by atoms with E-state index in [1.165, 1.54) is 23.9 Å². The lowest BCUT2D eigenvalue weighted by atomic mass is 10.2. The SMILES string of the molecule is O=C(Cn1cnnn1)N1CCN(c2ccc(C3CC3)nn2)CC1. The maximum Gasteiger partial charge on any atom is 0.244 e. The molecule has 0 N–H and O–H groups in total. The lowest BCUT2D eigenvalue weighted by Gasteiger charge is -2.35. The number of carbonyl (C=O) groups is 1. The first-order chi connectivity index (χ1) is 11.3. The zero-order valence-electron chi connectivity index (χ0n) is 12.7. The van der Waals surface area contributed by atoms with Crippen LogP contribution in [0.2, 0.25) is 0 Å². The van der Waals surface area contributed by atoms with Gasteiger partial charge in [-0.15, -0.1) is 10.2 Å². The Balaban J connectivity index is 1.32. The Bertz CT molecular complexity index is 659. The highest BCUT2D eigenvalue weighted by Crippen LogP contribution is 2.38. The Hall–Kier alpha value is -2.58. The quantitative estimate of drug-likeness (QED) is 0.764. The van der Waals surface area contributed by atoms with Gasteiger partial charge < -0.3 is 9.80 Å². The van der Waals surface area contributed by atoms with Gasteiger partial charge in [-0.2, -0.15) is 5.10 Å². The van der Waals surface area contributed by atoms with Crippen molar-refractivity contribution in [2.75, 3.05) is 31.1 Å². The highest BCUT2D eigenvalue weighted by Gasteiger charge is 2.26. The van der Waals surface area contributed by atoms with Crippen molar-refractivity contribution in [3.8, 4) is 0 Å². The van der Waals surface area contributed by atoms with Crippen LogP contribution in [-0.4, -0.2) is 67.4 Å². The van der Waals surface area contributed by atoms with Crippen LogP contribution in [0.3, 0.4) is 0 Å². The second-order valence-electron chi connectivity index (χ2n) is 5.97. The lowest BCUT2D eigenvalue weighted by Crippen LogP contribution is -2.50. The highest BCUT2D eigenvalue weighted by atomic mass is 16.2. The van der Waals surface area contributed by atoms with Gasteiger partial charge >= 0.3 is 0 Å². The summed E-state index contributed by atoms with van der Waals surface area (Å²) < 4.78 is 1.44. The summed E-state index contributed by atoms with van der Waals surface area (Å²) in [7, 11) is 0. The zero-order valence-corrected chi connectivity index (χ0v) is 12.7. The van der Waals surface area contributed by atoms with Crippen molar-refractivity contribution < 1.29 is 4.79 Å². The molecule has 0 aromatic carbocycles. The van der Waals surface area contributed by atoms with Gasteiger partial charge in [0.05, 0.1) is 5.69 Å². The van der Waals surface area contributed by atoms with Gasteiger partial charge in [-0.3, -0.25) is 4.79 Å². The molecule has 1 amide bonds. The van der Waals surface area contributed by atoms with Gasteiger partial charge in [-0.1, -0.05) is 0 Å². The largest absolute Gasteiger partial charge is 0.352 e. The number of amides is 1. The molecule has 1 saturated heterocycles. The van der Waals surface area contributed by atoms with E-state index in [1.807, 2.05) is 11.0 Å². The monoisotopic (exact) mass is 314 g/mol. The summed E-state index contributed by atoms with van der Waals surface area (Å²) in [6.45, 7) is 3.06. The molecule has 0 unspecified atom stereocenters. The van der Waals surface area contributed by atoms with E-state index in [0.717, 1.165) is 24.6 Å². The number of tetrazole rings is 1. The number of aromatic nitrogens is 6. The Morgan fingerprint density at radius 3 is 2.57 bits per heavy atom. The minimum atomic E-state index is 0.0344. The van der Waals surface area contributed by atoms with Gasteiger partial charge in [0.1, 0.15) is 12.9 Å². The summed E-state index contributed by atoms with van der Waals surface area (Å²) >= 11 is 0. The van der Waals surface area contributed by atoms with Crippen molar-refractivity contribution >= 4 is 11.7 Å². The van der Waals surface area contributed by atoms with E-state index in [9.17, 15) is 4.79 Å². The maximum absolute atomic E-state index is 12.2. The van der Waals surface area contributed by atoms with Crippen LogP contribution in [-0.2, 0) is 11.3 Å². The minimum absolute atomic E-state index is 0.0344. The second-order valence-corrected chi connectivity index (χ2v) is 5.97. The fraction of sp³-hybridized carbons (Fsp3) is 0.571. The number of rotatable bonds is 4. The van der Waals surface area contributed by atoms with Gasteiger partial charge in [0.25, 0.3) is 0 Å². The maximum atomic E-state index is 12.2. The van der Waals surface area contributed by atoms with E-state index in [2.05, 4.69) is 36.7 Å². The molecule has 0 bridgehead atoms. The molecule has 0 atom stereocenters. The summed E-state index contributed by atoms with van der Waals surface area (Å²) in [6, 6.07) is 4.12. The number of piperazine rings is 1. The van der Waals surface area contributed by atoms with E-state index in [4.69, 9.17) is 0 Å². The first-order valence-corrected chi connectivity index (χ1v) is 7.87. The van der Waals surface area contributed by atoms with Crippen molar-refractivity contribution in [2.24, 2.45) is 0 Å². The van der Waals surface area contributed by atoms with Gasteiger partial charge in [0.2, 0.25) is 5.91 Å². The Kier molecular flexibility index (Phi) is 3.60. The molecular weight excluding hydrogens is 296 g/mol. The molecule has 23 heavy (non-hydrogen) atoms. The van der Waals surface area contributed by atoms with E-state index in [0.29, 0.717) is 19.0 Å².